The molecule has 150 valence electrons. The molecule has 2 aromatic heterocycles. The molecule has 10 heteroatoms. The van der Waals surface area contributed by atoms with Crippen LogP contribution in [-0.4, -0.2) is 70.2 Å². The van der Waals surface area contributed by atoms with Gasteiger partial charge in [-0.1, -0.05) is 13.3 Å². The van der Waals surface area contributed by atoms with E-state index in [-0.39, 0.29) is 0 Å². The molecule has 3 heterocycles. The molecule has 1 N–H and O–H groups in total. The molecular weight excluding hydrogens is 378 g/mol. The summed E-state index contributed by atoms with van der Waals surface area (Å²) in [5.41, 5.74) is 0.367. The molecule has 0 aromatic carbocycles. The van der Waals surface area contributed by atoms with Gasteiger partial charge in [0.2, 0.25) is 0 Å². The molecule has 4 rings (SSSR count). The molecule has 1 atom stereocenters. The molecule has 1 aliphatic carbocycles. The number of anilines is 1. The quantitative estimate of drug-likeness (QED) is 0.782. The zero-order valence-corrected chi connectivity index (χ0v) is 17.0. The second kappa shape index (κ2) is 6.99. The van der Waals surface area contributed by atoms with Gasteiger partial charge in [0.05, 0.1) is 17.0 Å². The maximum Gasteiger partial charge on any atom is 0.283 e. The van der Waals surface area contributed by atoms with Gasteiger partial charge < -0.3 is 9.88 Å². The summed E-state index contributed by atoms with van der Waals surface area (Å²) >= 11 is 0. The molecule has 1 saturated heterocycles. The third kappa shape index (κ3) is 3.03. The predicted molar refractivity (Wildman–Crippen MR) is 106 cm³/mol. The lowest BCUT2D eigenvalue weighted by molar-refractivity contribution is 0.244. The standard InChI is InChI=1S/C18H25N7O2S/c1-3-4-14(11-19)23(2)28(26,27)25-10-9-24(12-18(25)6-7-18)17-15-5-8-20-16(15)21-13-22-17/h5,8,13-14H,3-4,6-7,9-10,12H2,1-2H3,(H,20,21,22). The van der Waals surface area contributed by atoms with Crippen molar-refractivity contribution in [1.29, 1.82) is 5.26 Å². The fourth-order valence-electron chi connectivity index (χ4n) is 4.08. The van der Waals surface area contributed by atoms with Gasteiger partial charge in [0, 0.05) is 32.9 Å². The molecule has 1 aliphatic heterocycles. The van der Waals surface area contributed by atoms with Crippen LogP contribution in [0.1, 0.15) is 32.6 Å². The number of piperazine rings is 1. The second-order valence-corrected chi connectivity index (χ2v) is 9.53. The molecular formula is C18H25N7O2S. The number of H-pyrrole nitrogens is 1. The van der Waals surface area contributed by atoms with Crippen LogP contribution in [0.25, 0.3) is 11.0 Å². The topological polar surface area (TPSA) is 109 Å². The van der Waals surface area contributed by atoms with E-state index >= 15 is 0 Å². The molecule has 1 saturated carbocycles. The third-order valence-corrected chi connectivity index (χ3v) is 7.95. The lowest BCUT2D eigenvalue weighted by atomic mass is 10.2. The number of nitrogens with one attached hydrogen (secondary N) is 1. The van der Waals surface area contributed by atoms with Crippen molar-refractivity contribution in [2.24, 2.45) is 0 Å². The molecule has 0 amide bonds. The van der Waals surface area contributed by atoms with Crippen molar-refractivity contribution in [1.82, 2.24) is 23.6 Å². The minimum Gasteiger partial charge on any atom is -0.353 e. The smallest absolute Gasteiger partial charge is 0.283 e. The van der Waals surface area contributed by atoms with Crippen molar-refractivity contribution in [2.45, 2.75) is 44.2 Å². The Morgan fingerprint density at radius 3 is 2.86 bits per heavy atom. The van der Waals surface area contributed by atoms with Gasteiger partial charge in [0.15, 0.2) is 0 Å². The van der Waals surface area contributed by atoms with Crippen LogP contribution in [-0.2, 0) is 10.2 Å². The van der Waals surface area contributed by atoms with E-state index in [0.717, 1.165) is 36.1 Å². The average Bonchev–Trinajstić information content (AvgIpc) is 3.26. The minimum atomic E-state index is -3.70. The number of aromatic amines is 1. The highest BCUT2D eigenvalue weighted by molar-refractivity contribution is 7.86. The third-order valence-electron chi connectivity index (χ3n) is 5.84. The highest BCUT2D eigenvalue weighted by Crippen LogP contribution is 2.47. The summed E-state index contributed by atoms with van der Waals surface area (Å²) in [5, 5.41) is 10.3. The first-order valence-electron chi connectivity index (χ1n) is 9.61. The van der Waals surface area contributed by atoms with E-state index in [1.165, 1.54) is 17.7 Å². The van der Waals surface area contributed by atoms with Gasteiger partial charge in [-0.05, 0) is 25.3 Å². The molecule has 2 aromatic rings. The molecule has 1 unspecified atom stereocenters. The Bertz CT molecular complexity index is 1010. The number of nitrogens with zero attached hydrogens (tertiary/aromatic N) is 6. The van der Waals surface area contributed by atoms with Crippen LogP contribution in [0.4, 0.5) is 5.82 Å². The maximum absolute atomic E-state index is 13.3. The molecule has 9 nitrogen and oxygen atoms in total. The van der Waals surface area contributed by atoms with E-state index in [9.17, 15) is 13.7 Å². The summed E-state index contributed by atoms with van der Waals surface area (Å²) in [6, 6.07) is 3.45. The molecule has 2 aliphatic rings. The van der Waals surface area contributed by atoms with Crippen LogP contribution in [0.15, 0.2) is 18.6 Å². The normalized spacial score (nSPS) is 20.6. The Hall–Kier alpha value is -2.22. The van der Waals surface area contributed by atoms with Crippen molar-refractivity contribution in [3.8, 4) is 6.07 Å². The number of hydrogen-bond donors (Lipinski definition) is 1. The second-order valence-electron chi connectivity index (χ2n) is 7.61. The first-order chi connectivity index (χ1) is 13.4. The fraction of sp³-hybridized carbons (Fsp3) is 0.611. The number of fused-ring (bicyclic) bond motifs is 1. The highest BCUT2D eigenvalue weighted by Gasteiger charge is 2.57. The van der Waals surface area contributed by atoms with Gasteiger partial charge in [-0.3, -0.25) is 0 Å². The largest absolute Gasteiger partial charge is 0.353 e. The van der Waals surface area contributed by atoms with Gasteiger partial charge in [-0.2, -0.15) is 22.3 Å². The van der Waals surface area contributed by atoms with E-state index in [1.807, 2.05) is 19.2 Å². The summed E-state index contributed by atoms with van der Waals surface area (Å²) in [5.74, 6) is 0.837. The Labute approximate surface area is 165 Å². The molecule has 28 heavy (non-hydrogen) atoms. The van der Waals surface area contributed by atoms with Crippen LogP contribution in [0.5, 0.6) is 0 Å². The number of rotatable bonds is 6. The Morgan fingerprint density at radius 2 is 2.18 bits per heavy atom. The van der Waals surface area contributed by atoms with Crippen LogP contribution in [0.2, 0.25) is 0 Å². The lowest BCUT2D eigenvalue weighted by Gasteiger charge is -2.43. The molecule has 1 spiro atoms. The first kappa shape index (κ1) is 19.1. The summed E-state index contributed by atoms with van der Waals surface area (Å²) in [7, 11) is -2.18. The Morgan fingerprint density at radius 1 is 1.39 bits per heavy atom. The summed E-state index contributed by atoms with van der Waals surface area (Å²) < 4.78 is 29.4. The molecule has 2 fully saturated rings. The van der Waals surface area contributed by atoms with Gasteiger partial charge >= 0.3 is 0 Å². The molecule has 0 radical (unpaired) electrons. The van der Waals surface area contributed by atoms with Crippen LogP contribution >= 0.6 is 0 Å². The summed E-state index contributed by atoms with van der Waals surface area (Å²) in [6.45, 7) is 3.49. The zero-order chi connectivity index (χ0) is 19.9. The van der Waals surface area contributed by atoms with Crippen LogP contribution < -0.4 is 4.90 Å². The number of hydrogen-bond acceptors (Lipinski definition) is 6. The number of aromatic nitrogens is 3. The van der Waals surface area contributed by atoms with E-state index in [1.54, 1.807) is 4.31 Å². The summed E-state index contributed by atoms with van der Waals surface area (Å²) in [4.78, 5) is 13.9. The van der Waals surface area contributed by atoms with E-state index < -0.39 is 21.8 Å². The monoisotopic (exact) mass is 403 g/mol. The van der Waals surface area contributed by atoms with Crippen molar-refractivity contribution in [2.75, 3.05) is 31.6 Å². The van der Waals surface area contributed by atoms with Crippen molar-refractivity contribution < 1.29 is 8.42 Å². The van der Waals surface area contributed by atoms with Crippen LogP contribution in [0, 0.1) is 11.3 Å². The number of nitriles is 1. The Balaban J connectivity index is 1.59. The fourth-order valence-corrected chi connectivity index (χ4v) is 5.91. The van der Waals surface area contributed by atoms with E-state index in [0.29, 0.717) is 26.1 Å². The van der Waals surface area contributed by atoms with Gasteiger partial charge in [-0.15, -0.1) is 0 Å². The average molecular weight is 404 g/mol. The van der Waals surface area contributed by atoms with Gasteiger partial charge in [0.1, 0.15) is 23.8 Å². The Kier molecular flexibility index (Phi) is 4.77. The first-order valence-corrected chi connectivity index (χ1v) is 11.0. The highest BCUT2D eigenvalue weighted by atomic mass is 32.2. The molecule has 0 bridgehead atoms. The van der Waals surface area contributed by atoms with Crippen molar-refractivity contribution >= 4 is 27.1 Å². The predicted octanol–water partition coefficient (Wildman–Crippen LogP) is 1.48. The van der Waals surface area contributed by atoms with Crippen molar-refractivity contribution in [3.05, 3.63) is 18.6 Å². The van der Waals surface area contributed by atoms with Crippen molar-refractivity contribution in [3.63, 3.8) is 0 Å². The van der Waals surface area contributed by atoms with Crippen LogP contribution in [0.3, 0.4) is 0 Å². The zero-order valence-electron chi connectivity index (χ0n) is 16.2. The minimum absolute atomic E-state index is 0.382. The van der Waals surface area contributed by atoms with E-state index in [2.05, 4.69) is 25.9 Å². The maximum atomic E-state index is 13.3. The van der Waals surface area contributed by atoms with E-state index in [4.69, 9.17) is 0 Å². The summed E-state index contributed by atoms with van der Waals surface area (Å²) in [6.07, 6.45) is 6.31. The van der Waals surface area contributed by atoms with Gasteiger partial charge in [-0.25, -0.2) is 9.97 Å². The SMILES string of the molecule is CCCC(C#N)N(C)S(=O)(=O)N1CCN(c2ncnc3[nH]ccc23)CC12CC2. The lowest BCUT2D eigenvalue weighted by Crippen LogP contribution is -2.60. The van der Waals surface area contributed by atoms with Gasteiger partial charge in [0.25, 0.3) is 10.2 Å².